The van der Waals surface area contributed by atoms with Crippen LogP contribution in [0.4, 0.5) is 20.3 Å². The standard InChI is InChI=1S/C26H34F2N4O3S/c1-16-5-6-17(15-32-9-7-19(8-10-32)25(2,3)33)11-21(16)22-13-18(12-20-14-26(20,27)28)23-24(29-22)31(4)36(34,35)30-23/h5-6,11,13,19-20,30,33H,7-10,12,14-15H2,1-4H3. The fourth-order valence-electron chi connectivity index (χ4n) is 5.39. The first kappa shape index (κ1) is 25.4. The first-order valence-electron chi connectivity index (χ1n) is 12.5. The molecule has 5 rings (SSSR count). The average Bonchev–Trinajstić information content (AvgIpc) is 3.32. The van der Waals surface area contributed by atoms with E-state index in [1.165, 1.54) is 7.05 Å². The molecule has 1 atom stereocenters. The van der Waals surface area contributed by atoms with Crippen LogP contribution < -0.4 is 9.03 Å². The molecule has 0 amide bonds. The van der Waals surface area contributed by atoms with E-state index in [-0.39, 0.29) is 24.6 Å². The molecule has 0 bridgehead atoms. The number of nitrogens with one attached hydrogen (secondary N) is 1. The lowest BCUT2D eigenvalue weighted by molar-refractivity contribution is -0.0136. The van der Waals surface area contributed by atoms with Crippen LogP contribution in [0.3, 0.4) is 0 Å². The number of anilines is 2. The quantitative estimate of drug-likeness (QED) is 0.592. The molecule has 1 unspecified atom stereocenters. The van der Waals surface area contributed by atoms with Crippen molar-refractivity contribution < 1.29 is 22.3 Å². The molecule has 2 N–H and O–H groups in total. The summed E-state index contributed by atoms with van der Waals surface area (Å²) in [7, 11) is -2.38. The Morgan fingerprint density at radius 2 is 1.89 bits per heavy atom. The van der Waals surface area contributed by atoms with Gasteiger partial charge in [-0.1, -0.05) is 12.1 Å². The first-order valence-corrected chi connectivity index (χ1v) is 13.9. The van der Waals surface area contributed by atoms with Gasteiger partial charge in [0.2, 0.25) is 0 Å². The van der Waals surface area contributed by atoms with Crippen LogP contribution in [0.25, 0.3) is 11.3 Å². The smallest absolute Gasteiger partial charge is 0.325 e. The van der Waals surface area contributed by atoms with E-state index < -0.39 is 27.7 Å². The SMILES string of the molecule is Cc1ccc(CN2CCC(C(C)(C)O)CC2)cc1-c1cc(CC2CC2(F)F)c2c(n1)N(C)S(=O)(=O)N2. The number of benzene rings is 1. The van der Waals surface area contributed by atoms with Gasteiger partial charge >= 0.3 is 10.2 Å². The highest BCUT2D eigenvalue weighted by Gasteiger charge is 2.56. The third kappa shape index (κ3) is 4.82. The highest BCUT2D eigenvalue weighted by atomic mass is 32.2. The molecule has 7 nitrogen and oxygen atoms in total. The summed E-state index contributed by atoms with van der Waals surface area (Å²) in [5.74, 6) is -2.96. The predicted molar refractivity (Wildman–Crippen MR) is 136 cm³/mol. The maximum Gasteiger partial charge on any atom is 0.325 e. The summed E-state index contributed by atoms with van der Waals surface area (Å²) >= 11 is 0. The van der Waals surface area contributed by atoms with Crippen molar-refractivity contribution in [3.63, 3.8) is 0 Å². The van der Waals surface area contributed by atoms with Crippen molar-refractivity contribution in [3.05, 3.63) is 41.0 Å². The molecule has 3 aliphatic rings. The van der Waals surface area contributed by atoms with Crippen LogP contribution in [0.1, 0.15) is 49.8 Å². The van der Waals surface area contributed by atoms with Crippen LogP contribution in [-0.2, 0) is 23.2 Å². The van der Waals surface area contributed by atoms with Gasteiger partial charge < -0.3 is 5.11 Å². The van der Waals surface area contributed by atoms with Gasteiger partial charge in [0.05, 0.1) is 17.0 Å². The number of rotatable bonds is 6. The lowest BCUT2D eigenvalue weighted by Crippen LogP contribution is -2.41. The maximum absolute atomic E-state index is 13.7. The molecule has 1 saturated heterocycles. The number of aromatic nitrogens is 1. The Morgan fingerprint density at radius 3 is 2.50 bits per heavy atom. The summed E-state index contributed by atoms with van der Waals surface area (Å²) in [6.07, 6.45) is 1.80. The summed E-state index contributed by atoms with van der Waals surface area (Å²) in [6, 6.07) is 7.93. The van der Waals surface area contributed by atoms with Crippen LogP contribution >= 0.6 is 0 Å². The predicted octanol–water partition coefficient (Wildman–Crippen LogP) is 4.34. The second kappa shape index (κ2) is 8.63. The van der Waals surface area contributed by atoms with Gasteiger partial charge in [-0.05, 0) is 87.9 Å². The van der Waals surface area contributed by atoms with Crippen molar-refractivity contribution in [2.75, 3.05) is 29.2 Å². The van der Waals surface area contributed by atoms with Gasteiger partial charge in [-0.25, -0.2) is 18.1 Å². The Kier molecular flexibility index (Phi) is 6.08. The Bertz CT molecular complexity index is 1280. The summed E-state index contributed by atoms with van der Waals surface area (Å²) in [5.41, 5.74) is 3.71. The number of fused-ring (bicyclic) bond motifs is 1. The summed E-state index contributed by atoms with van der Waals surface area (Å²) in [5, 5.41) is 10.3. The van der Waals surface area contributed by atoms with Gasteiger partial charge in [0.1, 0.15) is 0 Å². The van der Waals surface area contributed by atoms with Crippen LogP contribution in [0.2, 0.25) is 0 Å². The molecule has 2 aliphatic heterocycles. The number of aliphatic hydroxyl groups is 1. The molecule has 196 valence electrons. The van der Waals surface area contributed by atoms with Crippen LogP contribution in [0.15, 0.2) is 24.3 Å². The molecular weight excluding hydrogens is 486 g/mol. The van der Waals surface area contributed by atoms with E-state index in [0.717, 1.165) is 53.5 Å². The highest BCUT2D eigenvalue weighted by Crippen LogP contribution is 2.52. The van der Waals surface area contributed by atoms with E-state index in [2.05, 4.69) is 26.7 Å². The van der Waals surface area contributed by atoms with Crippen LogP contribution in [-0.4, -0.2) is 55.1 Å². The lowest BCUT2D eigenvalue weighted by Gasteiger charge is -2.37. The molecule has 36 heavy (non-hydrogen) atoms. The van der Waals surface area contributed by atoms with Gasteiger partial charge in [0.25, 0.3) is 5.92 Å². The number of nitrogens with zero attached hydrogens (tertiary/aromatic N) is 3. The molecule has 1 aromatic heterocycles. The molecular formula is C26H34F2N4O3S. The van der Waals surface area contributed by atoms with E-state index in [1.807, 2.05) is 26.8 Å². The number of piperidine rings is 1. The summed E-state index contributed by atoms with van der Waals surface area (Å²) < 4.78 is 56.0. The monoisotopic (exact) mass is 520 g/mol. The molecule has 2 aromatic rings. The number of alkyl halides is 2. The molecule has 2 fully saturated rings. The molecule has 1 saturated carbocycles. The van der Waals surface area contributed by atoms with E-state index in [0.29, 0.717) is 16.9 Å². The molecule has 0 spiro atoms. The number of aryl methyl sites for hydroxylation is 1. The van der Waals surface area contributed by atoms with E-state index in [1.54, 1.807) is 6.07 Å². The fraction of sp³-hybridized carbons (Fsp3) is 0.577. The number of hydrogen-bond donors (Lipinski definition) is 2. The second-order valence-electron chi connectivity index (χ2n) is 11.2. The minimum atomic E-state index is -3.79. The molecule has 10 heteroatoms. The fourth-order valence-corrected chi connectivity index (χ4v) is 6.37. The van der Waals surface area contributed by atoms with Gasteiger partial charge in [-0.2, -0.15) is 8.42 Å². The summed E-state index contributed by atoms with van der Waals surface area (Å²) in [6.45, 7) is 8.29. The number of halogens is 2. The number of pyridine rings is 1. The Hall–Kier alpha value is -2.30. The average molecular weight is 521 g/mol. The van der Waals surface area contributed by atoms with Crippen LogP contribution in [0, 0.1) is 18.8 Å². The van der Waals surface area contributed by atoms with Crippen molar-refractivity contribution in [1.29, 1.82) is 0 Å². The van der Waals surface area contributed by atoms with Gasteiger partial charge in [0.15, 0.2) is 5.82 Å². The minimum absolute atomic E-state index is 0.0934. The summed E-state index contributed by atoms with van der Waals surface area (Å²) in [4.78, 5) is 7.04. The lowest BCUT2D eigenvalue weighted by atomic mass is 9.83. The Labute approximate surface area is 211 Å². The first-order chi connectivity index (χ1) is 16.7. The van der Waals surface area contributed by atoms with Crippen molar-refractivity contribution in [1.82, 2.24) is 9.88 Å². The van der Waals surface area contributed by atoms with Crippen molar-refractivity contribution in [2.24, 2.45) is 11.8 Å². The molecule has 3 heterocycles. The second-order valence-corrected chi connectivity index (χ2v) is 12.9. The normalized spacial score (nSPS) is 23.4. The maximum atomic E-state index is 13.7. The van der Waals surface area contributed by atoms with Crippen molar-refractivity contribution in [3.8, 4) is 11.3 Å². The topological polar surface area (TPSA) is 85.8 Å². The molecule has 1 aliphatic carbocycles. The number of likely N-dealkylation sites (tertiary alicyclic amines) is 1. The number of hydrogen-bond acceptors (Lipinski definition) is 5. The zero-order valence-electron chi connectivity index (χ0n) is 21.2. The van der Waals surface area contributed by atoms with E-state index in [9.17, 15) is 22.3 Å². The Morgan fingerprint density at radius 1 is 1.22 bits per heavy atom. The van der Waals surface area contributed by atoms with Gasteiger partial charge in [0, 0.05) is 31.5 Å². The van der Waals surface area contributed by atoms with Gasteiger partial charge in [-0.3, -0.25) is 9.62 Å². The van der Waals surface area contributed by atoms with Crippen molar-refractivity contribution >= 4 is 21.7 Å². The zero-order chi connectivity index (χ0) is 26.0. The highest BCUT2D eigenvalue weighted by molar-refractivity contribution is 7.94. The van der Waals surface area contributed by atoms with Gasteiger partial charge in [-0.15, -0.1) is 0 Å². The largest absolute Gasteiger partial charge is 0.390 e. The minimum Gasteiger partial charge on any atom is -0.390 e. The molecule has 1 aromatic carbocycles. The Balaban J connectivity index is 1.43. The van der Waals surface area contributed by atoms with Crippen molar-refractivity contribution in [2.45, 2.75) is 64.5 Å². The van der Waals surface area contributed by atoms with E-state index in [4.69, 9.17) is 0 Å². The third-order valence-corrected chi connectivity index (χ3v) is 9.32. The molecule has 0 radical (unpaired) electrons. The van der Waals surface area contributed by atoms with E-state index >= 15 is 0 Å². The third-order valence-electron chi connectivity index (χ3n) is 7.96. The van der Waals surface area contributed by atoms with Crippen LogP contribution in [0.5, 0.6) is 0 Å². The zero-order valence-corrected chi connectivity index (χ0v) is 22.0.